The maximum Gasteiger partial charge on any atom is 0.229 e. The molecule has 1 saturated heterocycles. The molecule has 1 aromatic heterocycles. The highest BCUT2D eigenvalue weighted by molar-refractivity contribution is 7.80. The van der Waals surface area contributed by atoms with Crippen LogP contribution in [0.1, 0.15) is 24.2 Å². The van der Waals surface area contributed by atoms with Crippen molar-refractivity contribution in [3.8, 4) is 0 Å². The van der Waals surface area contributed by atoms with Crippen molar-refractivity contribution in [1.82, 2.24) is 20.2 Å². The number of nitrogens with one attached hydrogen (secondary N) is 2. The Morgan fingerprint density at radius 3 is 2.56 bits per heavy atom. The Balaban J connectivity index is 2.15. The van der Waals surface area contributed by atoms with Crippen LogP contribution in [0.2, 0.25) is 0 Å². The summed E-state index contributed by atoms with van der Waals surface area (Å²) in [7, 11) is 1.63. The molecular weight excluding hydrogens is 366 g/mol. The molecule has 1 aromatic rings. The van der Waals surface area contributed by atoms with Crippen molar-refractivity contribution in [1.29, 1.82) is 0 Å². The average Bonchev–Trinajstić information content (AvgIpc) is 2.60. The Morgan fingerprint density at radius 1 is 1.37 bits per heavy atom. The Bertz CT molecular complexity index is 682. The number of guanidine groups is 1. The van der Waals surface area contributed by atoms with E-state index in [1.54, 1.807) is 7.11 Å². The molecule has 2 heterocycles. The lowest BCUT2D eigenvalue weighted by molar-refractivity contribution is -0.122. The van der Waals surface area contributed by atoms with Crippen molar-refractivity contribution >= 4 is 35.1 Å². The molecule has 0 saturated carbocycles. The van der Waals surface area contributed by atoms with Gasteiger partial charge in [-0.05, 0) is 45.0 Å². The number of aliphatic imine (C=N–C) groups is 1. The smallest absolute Gasteiger partial charge is 0.229 e. The van der Waals surface area contributed by atoms with E-state index in [0.29, 0.717) is 56.1 Å². The number of aromatic nitrogens is 2. The van der Waals surface area contributed by atoms with Crippen LogP contribution in [0, 0.1) is 19.8 Å². The highest BCUT2D eigenvalue weighted by Gasteiger charge is 2.25. The number of amides is 1. The summed E-state index contributed by atoms with van der Waals surface area (Å²) in [5, 5.41) is 6.54. The van der Waals surface area contributed by atoms with Crippen molar-refractivity contribution in [2.45, 2.75) is 26.7 Å². The first-order valence-electron chi connectivity index (χ1n) is 8.88. The van der Waals surface area contributed by atoms with Gasteiger partial charge in [-0.2, -0.15) is 4.99 Å². The molecule has 1 aliphatic rings. The molecule has 27 heavy (non-hydrogen) atoms. The second kappa shape index (κ2) is 10.1. The predicted molar refractivity (Wildman–Crippen MR) is 109 cm³/mol. The summed E-state index contributed by atoms with van der Waals surface area (Å²) in [4.78, 5) is 26.8. The maximum atomic E-state index is 11.4. The molecule has 0 spiro atoms. The van der Waals surface area contributed by atoms with Crippen LogP contribution < -0.4 is 16.4 Å². The Labute approximate surface area is 164 Å². The van der Waals surface area contributed by atoms with Gasteiger partial charge in [-0.25, -0.2) is 9.97 Å². The molecule has 0 atom stereocenters. The van der Waals surface area contributed by atoms with Gasteiger partial charge in [0.2, 0.25) is 17.8 Å². The molecule has 0 unspecified atom stereocenters. The molecule has 10 heteroatoms. The van der Waals surface area contributed by atoms with Gasteiger partial charge in [0, 0.05) is 44.0 Å². The molecule has 2 rings (SSSR count). The summed E-state index contributed by atoms with van der Waals surface area (Å²) in [5.41, 5.74) is 7.15. The van der Waals surface area contributed by atoms with Crippen LogP contribution in [0.5, 0.6) is 0 Å². The first-order chi connectivity index (χ1) is 12.9. The number of thiocarbonyl (C=S) groups is 1. The normalized spacial score (nSPS) is 15.5. The number of ether oxygens (including phenoxy) is 1. The van der Waals surface area contributed by atoms with Crippen molar-refractivity contribution in [3.63, 3.8) is 0 Å². The molecule has 1 aliphatic heterocycles. The Kier molecular flexibility index (Phi) is 7.86. The third-order valence-corrected chi connectivity index (χ3v) is 4.43. The molecular formula is C17H27N7O2S. The number of likely N-dealkylation sites (tertiary alicyclic amines) is 1. The molecule has 148 valence electrons. The second-order valence-electron chi connectivity index (χ2n) is 6.42. The minimum absolute atomic E-state index is 0.105. The Morgan fingerprint density at radius 2 is 2.00 bits per heavy atom. The summed E-state index contributed by atoms with van der Waals surface area (Å²) in [6.07, 6.45) is 1.35. The zero-order valence-corrected chi connectivity index (χ0v) is 16.8. The van der Waals surface area contributed by atoms with Crippen LogP contribution in [-0.4, -0.2) is 65.2 Å². The standard InChI is InChI=1S/C17H27N7O2S/c1-11-10-12(2)21-15(20-11)22-16(23-17(27)19-6-9-26-3)24-7-4-13(5-8-24)14(18)25/h10,13H,4-9H2,1-3H3,(H2,18,25)(H2,19,20,21,22,23,27). The second-order valence-corrected chi connectivity index (χ2v) is 6.81. The first-order valence-corrected chi connectivity index (χ1v) is 9.29. The summed E-state index contributed by atoms with van der Waals surface area (Å²) in [6.45, 7) is 6.20. The SMILES string of the molecule is COCCNC(=S)/N=C(/Nc1nc(C)cc(C)n1)N1CCC(C(N)=O)CC1. The van der Waals surface area contributed by atoms with Gasteiger partial charge in [0.15, 0.2) is 5.11 Å². The van der Waals surface area contributed by atoms with E-state index in [2.05, 4.69) is 25.6 Å². The van der Waals surface area contributed by atoms with Crippen LogP contribution in [-0.2, 0) is 9.53 Å². The summed E-state index contributed by atoms with van der Waals surface area (Å²) in [5.74, 6) is 0.656. The van der Waals surface area contributed by atoms with Gasteiger partial charge in [-0.15, -0.1) is 0 Å². The molecule has 0 bridgehead atoms. The van der Waals surface area contributed by atoms with Crippen LogP contribution in [0.3, 0.4) is 0 Å². The number of piperidine rings is 1. The number of nitrogens with zero attached hydrogens (tertiary/aromatic N) is 4. The van der Waals surface area contributed by atoms with E-state index in [4.69, 9.17) is 22.7 Å². The fourth-order valence-electron chi connectivity index (χ4n) is 2.83. The molecule has 9 nitrogen and oxygen atoms in total. The average molecular weight is 394 g/mol. The third kappa shape index (κ3) is 6.72. The summed E-state index contributed by atoms with van der Waals surface area (Å²) in [6, 6.07) is 1.90. The van der Waals surface area contributed by atoms with Gasteiger partial charge in [0.1, 0.15) is 0 Å². The fraction of sp³-hybridized carbons (Fsp3) is 0.588. The van der Waals surface area contributed by atoms with Crippen LogP contribution in [0.15, 0.2) is 11.1 Å². The largest absolute Gasteiger partial charge is 0.383 e. The molecule has 4 N–H and O–H groups in total. The van der Waals surface area contributed by atoms with Gasteiger partial charge in [0.25, 0.3) is 0 Å². The highest BCUT2D eigenvalue weighted by atomic mass is 32.1. The number of carbonyl (C=O) groups excluding carboxylic acids is 1. The van der Waals surface area contributed by atoms with Gasteiger partial charge in [-0.3, -0.25) is 10.1 Å². The number of carbonyl (C=O) groups is 1. The number of hydrogen-bond donors (Lipinski definition) is 3. The summed E-state index contributed by atoms with van der Waals surface area (Å²) < 4.78 is 5.01. The minimum atomic E-state index is -0.254. The lowest BCUT2D eigenvalue weighted by Gasteiger charge is -2.32. The van der Waals surface area contributed by atoms with Crippen LogP contribution in [0.25, 0.3) is 0 Å². The number of methoxy groups -OCH3 is 1. The number of rotatable bonds is 5. The van der Waals surface area contributed by atoms with Crippen molar-refractivity contribution in [2.75, 3.05) is 38.7 Å². The molecule has 1 amide bonds. The fourth-order valence-corrected chi connectivity index (χ4v) is 3.02. The zero-order valence-electron chi connectivity index (χ0n) is 16.0. The van der Waals surface area contributed by atoms with Crippen molar-refractivity contribution in [3.05, 3.63) is 17.5 Å². The number of primary amides is 1. The zero-order chi connectivity index (χ0) is 19.8. The highest BCUT2D eigenvalue weighted by Crippen LogP contribution is 2.17. The van der Waals surface area contributed by atoms with E-state index in [-0.39, 0.29) is 11.8 Å². The van der Waals surface area contributed by atoms with Gasteiger partial charge in [-0.1, -0.05) is 0 Å². The van der Waals surface area contributed by atoms with E-state index < -0.39 is 0 Å². The van der Waals surface area contributed by atoms with Gasteiger partial charge in [0.05, 0.1) is 6.61 Å². The quantitative estimate of drug-likeness (QED) is 0.288. The number of hydrogen-bond acceptors (Lipinski definition) is 5. The van der Waals surface area contributed by atoms with E-state index in [1.165, 1.54) is 0 Å². The molecule has 0 radical (unpaired) electrons. The van der Waals surface area contributed by atoms with Gasteiger partial charge < -0.3 is 20.7 Å². The lowest BCUT2D eigenvalue weighted by Crippen LogP contribution is -2.45. The molecule has 0 aliphatic carbocycles. The van der Waals surface area contributed by atoms with Crippen LogP contribution >= 0.6 is 12.2 Å². The lowest BCUT2D eigenvalue weighted by atomic mass is 9.96. The first kappa shape index (κ1) is 21.0. The number of nitrogens with two attached hydrogens (primary N) is 1. The number of aryl methyl sites for hydroxylation is 2. The number of anilines is 1. The van der Waals surface area contributed by atoms with E-state index >= 15 is 0 Å². The monoisotopic (exact) mass is 393 g/mol. The van der Waals surface area contributed by atoms with Gasteiger partial charge >= 0.3 is 0 Å². The van der Waals surface area contributed by atoms with E-state index in [9.17, 15) is 4.79 Å². The van der Waals surface area contributed by atoms with E-state index in [1.807, 2.05) is 24.8 Å². The summed E-state index contributed by atoms with van der Waals surface area (Å²) >= 11 is 5.31. The third-order valence-electron chi connectivity index (χ3n) is 4.19. The predicted octanol–water partition coefficient (Wildman–Crippen LogP) is 0.580. The maximum absolute atomic E-state index is 11.4. The Hall–Kier alpha value is -2.33. The minimum Gasteiger partial charge on any atom is -0.383 e. The topological polar surface area (TPSA) is 118 Å². The molecule has 0 aromatic carbocycles. The van der Waals surface area contributed by atoms with Crippen molar-refractivity contribution < 1.29 is 9.53 Å². The molecule has 1 fully saturated rings. The van der Waals surface area contributed by atoms with Crippen LogP contribution in [0.4, 0.5) is 5.95 Å². The van der Waals surface area contributed by atoms with E-state index in [0.717, 1.165) is 11.4 Å². The van der Waals surface area contributed by atoms with Crippen molar-refractivity contribution in [2.24, 2.45) is 16.6 Å².